The number of imidazole rings is 1. The highest BCUT2D eigenvalue weighted by Gasteiger charge is 2.22. The third-order valence-electron chi connectivity index (χ3n) is 3.94. The molecule has 0 spiro atoms. The Morgan fingerprint density at radius 3 is 2.50 bits per heavy atom. The van der Waals surface area contributed by atoms with Gasteiger partial charge in [0.25, 0.3) is 0 Å². The van der Waals surface area contributed by atoms with E-state index in [1.165, 1.54) is 18.9 Å². The molecule has 0 unspecified atom stereocenters. The number of aromatic nitrogens is 2. The Morgan fingerprint density at radius 1 is 1.11 bits per heavy atom. The fraction of sp³-hybridized carbons (Fsp3) is 0.500. The average Bonchev–Trinajstić information content (AvgIpc) is 2.73. The summed E-state index contributed by atoms with van der Waals surface area (Å²) in [5, 5.41) is 0. The standard InChI is InChI=1S/C14H16F2N2/c1-8-2-4-9(5-3-8)14-17-12-6-10(15)11(16)7-13(12)18-14/h6-9H,2-5H2,1H3,(H,17,18). The summed E-state index contributed by atoms with van der Waals surface area (Å²) in [6.45, 7) is 2.26. The number of hydrogen-bond acceptors (Lipinski definition) is 1. The lowest BCUT2D eigenvalue weighted by molar-refractivity contribution is 0.341. The van der Waals surface area contributed by atoms with Crippen LogP contribution >= 0.6 is 0 Å². The van der Waals surface area contributed by atoms with Gasteiger partial charge in [-0.15, -0.1) is 0 Å². The summed E-state index contributed by atoms with van der Waals surface area (Å²) < 4.78 is 26.3. The molecule has 1 aromatic heterocycles. The molecule has 96 valence electrons. The topological polar surface area (TPSA) is 28.7 Å². The van der Waals surface area contributed by atoms with E-state index in [4.69, 9.17) is 0 Å². The van der Waals surface area contributed by atoms with Crippen LogP contribution in [0.5, 0.6) is 0 Å². The van der Waals surface area contributed by atoms with Crippen LogP contribution in [0.4, 0.5) is 8.78 Å². The Kier molecular flexibility index (Phi) is 2.80. The summed E-state index contributed by atoms with van der Waals surface area (Å²) in [5.74, 6) is 0.398. The monoisotopic (exact) mass is 250 g/mol. The van der Waals surface area contributed by atoms with Gasteiger partial charge in [0.2, 0.25) is 0 Å². The summed E-state index contributed by atoms with van der Waals surface area (Å²) in [6, 6.07) is 2.35. The van der Waals surface area contributed by atoms with Crippen molar-refractivity contribution in [3.8, 4) is 0 Å². The van der Waals surface area contributed by atoms with Crippen LogP contribution in [0.1, 0.15) is 44.3 Å². The molecule has 1 heterocycles. The molecule has 0 atom stereocenters. The second-order valence-corrected chi connectivity index (χ2v) is 5.36. The molecule has 1 N–H and O–H groups in total. The van der Waals surface area contributed by atoms with Crippen LogP contribution in [0.15, 0.2) is 12.1 Å². The highest BCUT2D eigenvalue weighted by Crippen LogP contribution is 2.35. The molecular formula is C14H16F2N2. The van der Waals surface area contributed by atoms with Crippen LogP contribution in [0.25, 0.3) is 11.0 Å². The number of fused-ring (bicyclic) bond motifs is 1. The van der Waals surface area contributed by atoms with E-state index in [0.717, 1.165) is 30.7 Å². The lowest BCUT2D eigenvalue weighted by atomic mass is 9.83. The van der Waals surface area contributed by atoms with Gasteiger partial charge in [0, 0.05) is 18.1 Å². The van der Waals surface area contributed by atoms with Crippen LogP contribution in [0.2, 0.25) is 0 Å². The van der Waals surface area contributed by atoms with Crippen molar-refractivity contribution in [2.24, 2.45) is 5.92 Å². The highest BCUT2D eigenvalue weighted by molar-refractivity contribution is 5.75. The van der Waals surface area contributed by atoms with Crippen LogP contribution in [0, 0.1) is 17.6 Å². The van der Waals surface area contributed by atoms with Crippen LogP contribution in [0.3, 0.4) is 0 Å². The Morgan fingerprint density at radius 2 is 1.78 bits per heavy atom. The molecule has 1 aliphatic carbocycles. The van der Waals surface area contributed by atoms with Gasteiger partial charge in [-0.05, 0) is 18.8 Å². The summed E-state index contributed by atoms with van der Waals surface area (Å²) in [4.78, 5) is 7.53. The number of rotatable bonds is 1. The van der Waals surface area contributed by atoms with Crippen LogP contribution in [-0.4, -0.2) is 9.97 Å². The van der Waals surface area contributed by atoms with Crippen molar-refractivity contribution in [3.05, 3.63) is 29.6 Å². The largest absolute Gasteiger partial charge is 0.342 e. The van der Waals surface area contributed by atoms with E-state index < -0.39 is 11.6 Å². The molecule has 0 bridgehead atoms. The van der Waals surface area contributed by atoms with Gasteiger partial charge in [0.15, 0.2) is 11.6 Å². The Bertz CT molecular complexity index is 529. The lowest BCUT2D eigenvalue weighted by Crippen LogP contribution is -2.11. The van der Waals surface area contributed by atoms with Crippen molar-refractivity contribution >= 4 is 11.0 Å². The maximum atomic E-state index is 13.1. The summed E-state index contributed by atoms with van der Waals surface area (Å²) >= 11 is 0. The van der Waals surface area contributed by atoms with Crippen LogP contribution < -0.4 is 0 Å². The number of halogens is 2. The quantitative estimate of drug-likeness (QED) is 0.809. The first-order chi connectivity index (χ1) is 8.63. The van der Waals surface area contributed by atoms with Gasteiger partial charge in [-0.1, -0.05) is 19.8 Å². The fourth-order valence-corrected chi connectivity index (χ4v) is 2.75. The molecule has 0 radical (unpaired) electrons. The zero-order valence-corrected chi connectivity index (χ0v) is 10.3. The van der Waals surface area contributed by atoms with Crippen molar-refractivity contribution < 1.29 is 8.78 Å². The zero-order chi connectivity index (χ0) is 12.7. The minimum absolute atomic E-state index is 0.403. The van der Waals surface area contributed by atoms with Crippen molar-refractivity contribution in [2.75, 3.05) is 0 Å². The maximum Gasteiger partial charge on any atom is 0.161 e. The molecular weight excluding hydrogens is 234 g/mol. The second-order valence-electron chi connectivity index (χ2n) is 5.36. The normalized spacial score (nSPS) is 24.6. The summed E-state index contributed by atoms with van der Waals surface area (Å²) in [5.41, 5.74) is 1.10. The zero-order valence-electron chi connectivity index (χ0n) is 10.3. The van der Waals surface area contributed by atoms with Gasteiger partial charge >= 0.3 is 0 Å². The molecule has 0 aliphatic heterocycles. The first-order valence-electron chi connectivity index (χ1n) is 6.48. The van der Waals surface area contributed by atoms with Crippen molar-refractivity contribution in [1.29, 1.82) is 0 Å². The number of H-pyrrole nitrogens is 1. The Labute approximate surface area is 104 Å². The minimum Gasteiger partial charge on any atom is -0.342 e. The second kappa shape index (κ2) is 4.34. The molecule has 18 heavy (non-hydrogen) atoms. The molecule has 2 nitrogen and oxygen atoms in total. The van der Waals surface area contributed by atoms with Crippen LogP contribution in [-0.2, 0) is 0 Å². The molecule has 3 rings (SSSR count). The van der Waals surface area contributed by atoms with E-state index in [-0.39, 0.29) is 0 Å². The fourth-order valence-electron chi connectivity index (χ4n) is 2.75. The van der Waals surface area contributed by atoms with Gasteiger partial charge in [-0.3, -0.25) is 0 Å². The van der Waals surface area contributed by atoms with Crippen molar-refractivity contribution in [1.82, 2.24) is 9.97 Å². The predicted octanol–water partition coefficient (Wildman–Crippen LogP) is 4.13. The summed E-state index contributed by atoms with van der Waals surface area (Å²) in [6.07, 6.45) is 4.60. The molecule has 1 aromatic carbocycles. The third-order valence-corrected chi connectivity index (χ3v) is 3.94. The third kappa shape index (κ3) is 2.00. The average molecular weight is 250 g/mol. The number of benzene rings is 1. The van der Waals surface area contributed by atoms with E-state index >= 15 is 0 Å². The van der Waals surface area contributed by atoms with E-state index in [1.807, 2.05) is 0 Å². The first kappa shape index (κ1) is 11.6. The van der Waals surface area contributed by atoms with E-state index in [2.05, 4.69) is 16.9 Å². The number of nitrogens with zero attached hydrogens (tertiary/aromatic N) is 1. The predicted molar refractivity (Wildman–Crippen MR) is 66.4 cm³/mol. The first-order valence-corrected chi connectivity index (χ1v) is 6.48. The minimum atomic E-state index is -0.835. The molecule has 2 aromatic rings. The van der Waals surface area contributed by atoms with Gasteiger partial charge in [-0.2, -0.15) is 0 Å². The van der Waals surface area contributed by atoms with Gasteiger partial charge < -0.3 is 4.98 Å². The van der Waals surface area contributed by atoms with Crippen molar-refractivity contribution in [2.45, 2.75) is 38.5 Å². The lowest BCUT2D eigenvalue weighted by Gasteiger charge is -2.24. The van der Waals surface area contributed by atoms with Gasteiger partial charge in [0.1, 0.15) is 5.82 Å². The molecule has 1 fully saturated rings. The number of hydrogen-bond donors (Lipinski definition) is 1. The van der Waals surface area contributed by atoms with E-state index in [1.54, 1.807) is 0 Å². The van der Waals surface area contributed by atoms with E-state index in [9.17, 15) is 8.78 Å². The number of aromatic amines is 1. The summed E-state index contributed by atoms with van der Waals surface area (Å²) in [7, 11) is 0. The highest BCUT2D eigenvalue weighted by atomic mass is 19.2. The molecule has 1 saturated carbocycles. The smallest absolute Gasteiger partial charge is 0.161 e. The molecule has 4 heteroatoms. The SMILES string of the molecule is CC1CCC(c2nc3cc(F)c(F)cc3[nH]2)CC1. The molecule has 0 amide bonds. The van der Waals surface area contributed by atoms with Gasteiger partial charge in [-0.25, -0.2) is 13.8 Å². The maximum absolute atomic E-state index is 13.1. The Balaban J connectivity index is 1.93. The van der Waals surface area contributed by atoms with Crippen molar-refractivity contribution in [3.63, 3.8) is 0 Å². The number of nitrogens with one attached hydrogen (secondary N) is 1. The Hall–Kier alpha value is -1.45. The van der Waals surface area contributed by atoms with E-state index in [0.29, 0.717) is 17.0 Å². The molecule has 1 aliphatic rings. The van der Waals surface area contributed by atoms with Gasteiger partial charge in [0.05, 0.1) is 11.0 Å². The molecule has 0 saturated heterocycles.